The number of hydrogen-bond donors (Lipinski definition) is 1. The molecule has 1 unspecified atom stereocenters. The van der Waals surface area contributed by atoms with Crippen LogP contribution in [0.2, 0.25) is 0 Å². The van der Waals surface area contributed by atoms with Gasteiger partial charge in [-0.15, -0.1) is 0 Å². The van der Waals surface area contributed by atoms with Crippen LogP contribution in [0.3, 0.4) is 0 Å². The molecule has 0 spiro atoms. The van der Waals surface area contributed by atoms with Gasteiger partial charge in [0.2, 0.25) is 0 Å². The van der Waals surface area contributed by atoms with Crippen molar-refractivity contribution in [2.24, 2.45) is 0 Å². The number of benzene rings is 1. The summed E-state index contributed by atoms with van der Waals surface area (Å²) in [7, 11) is 2.00. The zero-order valence-electron chi connectivity index (χ0n) is 9.25. The zero-order chi connectivity index (χ0) is 10.4. The zero-order valence-corrected chi connectivity index (χ0v) is 9.25. The second-order valence-corrected chi connectivity index (χ2v) is 3.64. The molecule has 0 aliphatic rings. The lowest BCUT2D eigenvalue weighted by atomic mass is 10.1. The smallest absolute Gasteiger partial charge is 0.00761 e. The molecule has 0 saturated heterocycles. The van der Waals surface area contributed by atoms with Gasteiger partial charge in [-0.3, -0.25) is 0 Å². The molecule has 1 aromatic carbocycles. The van der Waals surface area contributed by atoms with Gasteiger partial charge in [0.1, 0.15) is 0 Å². The summed E-state index contributed by atoms with van der Waals surface area (Å²) in [6.07, 6.45) is 5.27. The van der Waals surface area contributed by atoms with E-state index in [9.17, 15) is 0 Å². The molecule has 1 aromatic rings. The molecule has 1 nitrogen and oxygen atoms in total. The Hall–Kier alpha value is -1.08. The fourth-order valence-corrected chi connectivity index (χ4v) is 1.41. The lowest BCUT2D eigenvalue weighted by molar-refractivity contribution is 0.608. The Morgan fingerprint density at radius 2 is 1.93 bits per heavy atom. The van der Waals surface area contributed by atoms with Gasteiger partial charge in [0.05, 0.1) is 0 Å². The Bertz CT molecular complexity index is 285. The molecule has 0 aromatic heterocycles. The maximum absolute atomic E-state index is 3.24. The van der Waals surface area contributed by atoms with Crippen LogP contribution in [0.1, 0.15) is 25.0 Å². The third kappa shape index (κ3) is 3.35. The van der Waals surface area contributed by atoms with Gasteiger partial charge >= 0.3 is 0 Å². The first kappa shape index (κ1) is 11.0. The number of rotatable bonds is 4. The van der Waals surface area contributed by atoms with E-state index in [4.69, 9.17) is 0 Å². The third-order valence-corrected chi connectivity index (χ3v) is 2.37. The number of hydrogen-bond acceptors (Lipinski definition) is 1. The van der Waals surface area contributed by atoms with Crippen molar-refractivity contribution in [3.63, 3.8) is 0 Å². The maximum Gasteiger partial charge on any atom is 0.00761 e. The molecule has 0 saturated carbocycles. The Balaban J connectivity index is 2.63. The fourth-order valence-electron chi connectivity index (χ4n) is 1.41. The second kappa shape index (κ2) is 5.61. The summed E-state index contributed by atoms with van der Waals surface area (Å²) in [5.74, 6) is 0. The lowest BCUT2D eigenvalue weighted by Gasteiger charge is -2.09. The van der Waals surface area contributed by atoms with Gasteiger partial charge in [-0.2, -0.15) is 0 Å². The normalized spacial score (nSPS) is 13.4. The van der Waals surface area contributed by atoms with Crippen LogP contribution in [0.15, 0.2) is 30.3 Å². The Labute approximate surface area is 86.8 Å². The van der Waals surface area contributed by atoms with Crippen LogP contribution in [-0.4, -0.2) is 13.1 Å². The summed E-state index contributed by atoms with van der Waals surface area (Å²) in [5, 5.41) is 3.24. The Morgan fingerprint density at radius 1 is 1.29 bits per heavy atom. The largest absolute Gasteiger partial charge is 0.317 e. The van der Waals surface area contributed by atoms with Crippen molar-refractivity contribution in [3.8, 4) is 0 Å². The Kier molecular flexibility index (Phi) is 4.41. The summed E-state index contributed by atoms with van der Waals surface area (Å²) >= 11 is 0. The van der Waals surface area contributed by atoms with Crippen LogP contribution in [0, 0.1) is 0 Å². The van der Waals surface area contributed by atoms with Crippen LogP contribution < -0.4 is 5.32 Å². The molecule has 76 valence electrons. The average Bonchev–Trinajstić information content (AvgIpc) is 2.21. The van der Waals surface area contributed by atoms with E-state index in [-0.39, 0.29) is 0 Å². The highest BCUT2D eigenvalue weighted by Gasteiger charge is 1.99. The Morgan fingerprint density at radius 3 is 2.43 bits per heavy atom. The van der Waals surface area contributed by atoms with Crippen LogP contribution in [0.25, 0.3) is 6.08 Å². The first-order valence-electron chi connectivity index (χ1n) is 5.15. The number of likely N-dealkylation sites (N-methyl/N-ethyl adjacent to an activating group) is 1. The standard InChI is InChI=1S/C13H19N/c1-4-5-12-6-8-13(9-7-12)10-11(2)14-3/h4-9,11,14H,10H2,1-3H3/b5-4+. The molecule has 0 aliphatic carbocycles. The first-order valence-corrected chi connectivity index (χ1v) is 5.15. The van der Waals surface area contributed by atoms with Crippen molar-refractivity contribution in [2.45, 2.75) is 26.3 Å². The van der Waals surface area contributed by atoms with Crippen molar-refractivity contribution in [1.29, 1.82) is 0 Å². The van der Waals surface area contributed by atoms with Crippen molar-refractivity contribution in [2.75, 3.05) is 7.05 Å². The minimum Gasteiger partial charge on any atom is -0.317 e. The van der Waals surface area contributed by atoms with Gasteiger partial charge in [0.25, 0.3) is 0 Å². The van der Waals surface area contributed by atoms with E-state index in [1.54, 1.807) is 0 Å². The molecular formula is C13H19N. The molecule has 0 heterocycles. The van der Waals surface area contributed by atoms with Gasteiger partial charge < -0.3 is 5.32 Å². The van der Waals surface area contributed by atoms with Crippen LogP contribution >= 0.6 is 0 Å². The van der Waals surface area contributed by atoms with Crippen LogP contribution in [-0.2, 0) is 6.42 Å². The monoisotopic (exact) mass is 189 g/mol. The topological polar surface area (TPSA) is 12.0 Å². The lowest BCUT2D eigenvalue weighted by Crippen LogP contribution is -2.23. The predicted octanol–water partition coefficient (Wildman–Crippen LogP) is 2.87. The summed E-state index contributed by atoms with van der Waals surface area (Å²) in [5.41, 5.74) is 2.66. The molecule has 1 atom stereocenters. The highest BCUT2D eigenvalue weighted by atomic mass is 14.8. The van der Waals surface area contributed by atoms with Gasteiger partial charge in [0, 0.05) is 6.04 Å². The number of nitrogens with one attached hydrogen (secondary N) is 1. The van der Waals surface area contributed by atoms with Crippen molar-refractivity contribution in [1.82, 2.24) is 5.32 Å². The quantitative estimate of drug-likeness (QED) is 0.768. The maximum atomic E-state index is 3.24. The van der Waals surface area contributed by atoms with Gasteiger partial charge in [-0.1, -0.05) is 36.4 Å². The van der Waals surface area contributed by atoms with E-state index in [0.29, 0.717) is 6.04 Å². The molecule has 0 fully saturated rings. The minimum absolute atomic E-state index is 0.544. The van der Waals surface area contributed by atoms with E-state index in [2.05, 4.69) is 48.7 Å². The number of allylic oxidation sites excluding steroid dienone is 1. The summed E-state index contributed by atoms with van der Waals surface area (Å²) in [6, 6.07) is 9.27. The van der Waals surface area contributed by atoms with Gasteiger partial charge in [-0.05, 0) is 38.4 Å². The molecular weight excluding hydrogens is 170 g/mol. The third-order valence-electron chi connectivity index (χ3n) is 2.37. The van der Waals surface area contributed by atoms with E-state index < -0.39 is 0 Å². The van der Waals surface area contributed by atoms with Crippen molar-refractivity contribution < 1.29 is 0 Å². The molecule has 0 radical (unpaired) electrons. The first-order chi connectivity index (χ1) is 6.76. The molecule has 1 N–H and O–H groups in total. The van der Waals surface area contributed by atoms with Gasteiger partial charge in [-0.25, -0.2) is 0 Å². The molecule has 1 heteroatoms. The minimum atomic E-state index is 0.544. The predicted molar refractivity (Wildman–Crippen MR) is 63.4 cm³/mol. The molecule has 0 aliphatic heterocycles. The van der Waals surface area contributed by atoms with E-state index in [0.717, 1.165) is 6.42 Å². The molecule has 14 heavy (non-hydrogen) atoms. The second-order valence-electron chi connectivity index (χ2n) is 3.64. The van der Waals surface area contributed by atoms with Gasteiger partial charge in [0.15, 0.2) is 0 Å². The summed E-state index contributed by atoms with van der Waals surface area (Å²) < 4.78 is 0. The molecule has 1 rings (SSSR count). The van der Waals surface area contributed by atoms with Crippen LogP contribution in [0.5, 0.6) is 0 Å². The average molecular weight is 189 g/mol. The molecule has 0 bridgehead atoms. The van der Waals surface area contributed by atoms with Crippen molar-refractivity contribution >= 4 is 6.08 Å². The van der Waals surface area contributed by atoms with Crippen molar-refractivity contribution in [3.05, 3.63) is 41.5 Å². The molecule has 0 amide bonds. The summed E-state index contributed by atoms with van der Waals surface area (Å²) in [6.45, 7) is 4.23. The summed E-state index contributed by atoms with van der Waals surface area (Å²) in [4.78, 5) is 0. The fraction of sp³-hybridized carbons (Fsp3) is 0.385. The van der Waals surface area contributed by atoms with E-state index in [1.807, 2.05) is 14.0 Å². The van der Waals surface area contributed by atoms with E-state index in [1.165, 1.54) is 11.1 Å². The highest BCUT2D eigenvalue weighted by molar-refractivity contribution is 5.49. The highest BCUT2D eigenvalue weighted by Crippen LogP contribution is 2.08. The van der Waals surface area contributed by atoms with E-state index >= 15 is 0 Å². The SMILES string of the molecule is C/C=C/c1ccc(CC(C)NC)cc1. The van der Waals surface area contributed by atoms with Crippen LogP contribution in [0.4, 0.5) is 0 Å².